The van der Waals surface area contributed by atoms with E-state index in [-0.39, 0.29) is 18.6 Å². The normalized spacial score (nSPS) is 28.5. The summed E-state index contributed by atoms with van der Waals surface area (Å²) in [4.78, 5) is 25.3. The first-order valence-corrected chi connectivity index (χ1v) is 5.92. The van der Waals surface area contributed by atoms with Crippen molar-refractivity contribution in [1.29, 1.82) is 0 Å². The highest BCUT2D eigenvalue weighted by molar-refractivity contribution is 5.08. The maximum absolute atomic E-state index is 11.7. The van der Waals surface area contributed by atoms with Gasteiger partial charge >= 0.3 is 5.69 Å². The van der Waals surface area contributed by atoms with E-state index in [0.29, 0.717) is 0 Å². The minimum atomic E-state index is -1.03. The summed E-state index contributed by atoms with van der Waals surface area (Å²) in [6.45, 7) is 1.04. The number of H-pyrrole nitrogens is 1. The molecule has 4 N–H and O–H groups in total. The lowest BCUT2D eigenvalue weighted by atomic mass is 10.2. The maximum atomic E-state index is 11.7. The van der Waals surface area contributed by atoms with Gasteiger partial charge in [0.15, 0.2) is 0 Å². The van der Waals surface area contributed by atoms with Crippen molar-refractivity contribution in [1.82, 2.24) is 9.55 Å². The lowest BCUT2D eigenvalue weighted by Gasteiger charge is -2.15. The number of aromatic nitrogens is 2. The lowest BCUT2D eigenvalue weighted by Crippen LogP contribution is -2.34. The zero-order valence-electron chi connectivity index (χ0n) is 10.3. The lowest BCUT2D eigenvalue weighted by molar-refractivity contribution is -0.0461. The van der Waals surface area contributed by atoms with Crippen LogP contribution in [0, 0.1) is 0 Å². The second-order valence-corrected chi connectivity index (χ2v) is 4.54. The maximum Gasteiger partial charge on any atom is 0.330 e. The van der Waals surface area contributed by atoms with Gasteiger partial charge in [0.05, 0.1) is 24.4 Å². The first-order valence-electron chi connectivity index (χ1n) is 5.92. The average molecular weight is 272 g/mol. The Hall–Kier alpha value is -1.48. The third-order valence-corrected chi connectivity index (χ3v) is 3.14. The molecule has 1 aromatic heterocycles. The van der Waals surface area contributed by atoms with Crippen LogP contribution < -0.4 is 11.2 Å². The molecule has 0 amide bonds. The Kier molecular flexibility index (Phi) is 3.85. The van der Waals surface area contributed by atoms with E-state index in [9.17, 15) is 19.8 Å². The van der Waals surface area contributed by atoms with Gasteiger partial charge in [-0.25, -0.2) is 4.79 Å². The van der Waals surface area contributed by atoms with Crippen LogP contribution in [0.5, 0.6) is 0 Å². The summed E-state index contributed by atoms with van der Waals surface area (Å²) >= 11 is 0. The fourth-order valence-electron chi connectivity index (χ4n) is 2.06. The Bertz CT molecular complexity index is 563. The number of rotatable bonds is 3. The second-order valence-electron chi connectivity index (χ2n) is 4.54. The number of aliphatic hydroxyl groups excluding tert-OH is 3. The molecule has 1 aliphatic heterocycles. The van der Waals surface area contributed by atoms with E-state index in [0.717, 1.165) is 4.57 Å². The van der Waals surface area contributed by atoms with Gasteiger partial charge < -0.3 is 20.1 Å². The van der Waals surface area contributed by atoms with E-state index in [1.807, 2.05) is 0 Å². The largest absolute Gasteiger partial charge is 0.394 e. The van der Waals surface area contributed by atoms with Gasteiger partial charge in [-0.2, -0.15) is 0 Å². The number of nitrogens with zero attached hydrogens (tertiary/aromatic N) is 1. The SMILES string of the molecule is CC(O)c1cn(C2CC(O)C(CO)O2)c(=O)[nH]c1=O. The van der Waals surface area contributed by atoms with Gasteiger partial charge in [0.25, 0.3) is 5.56 Å². The van der Waals surface area contributed by atoms with E-state index in [2.05, 4.69) is 4.98 Å². The van der Waals surface area contributed by atoms with E-state index >= 15 is 0 Å². The Morgan fingerprint density at radius 2 is 2.26 bits per heavy atom. The van der Waals surface area contributed by atoms with Crippen molar-refractivity contribution in [3.63, 3.8) is 0 Å². The van der Waals surface area contributed by atoms with Gasteiger partial charge in [0.1, 0.15) is 12.3 Å². The highest BCUT2D eigenvalue weighted by Crippen LogP contribution is 2.27. The van der Waals surface area contributed by atoms with Gasteiger partial charge in [-0.1, -0.05) is 0 Å². The van der Waals surface area contributed by atoms with Crippen LogP contribution in [-0.2, 0) is 4.74 Å². The Labute approximate surface area is 107 Å². The van der Waals surface area contributed by atoms with Gasteiger partial charge in [0.2, 0.25) is 0 Å². The quantitative estimate of drug-likeness (QED) is 0.516. The third kappa shape index (κ3) is 2.61. The second kappa shape index (κ2) is 5.25. The number of aromatic amines is 1. The van der Waals surface area contributed by atoms with E-state index in [4.69, 9.17) is 9.84 Å². The summed E-state index contributed by atoms with van der Waals surface area (Å²) in [6.07, 6.45) is -2.13. The zero-order chi connectivity index (χ0) is 14.2. The molecule has 1 aromatic rings. The minimum Gasteiger partial charge on any atom is -0.394 e. The molecular weight excluding hydrogens is 256 g/mol. The van der Waals surface area contributed by atoms with Crippen molar-refractivity contribution < 1.29 is 20.1 Å². The Balaban J connectivity index is 2.38. The predicted molar refractivity (Wildman–Crippen MR) is 63.6 cm³/mol. The van der Waals surface area contributed by atoms with Crippen LogP contribution in [0.4, 0.5) is 0 Å². The van der Waals surface area contributed by atoms with Gasteiger partial charge in [-0.3, -0.25) is 14.3 Å². The molecule has 19 heavy (non-hydrogen) atoms. The summed E-state index contributed by atoms with van der Waals surface area (Å²) in [5.41, 5.74) is -1.32. The number of hydrogen-bond acceptors (Lipinski definition) is 6. The van der Waals surface area contributed by atoms with Crippen LogP contribution >= 0.6 is 0 Å². The van der Waals surface area contributed by atoms with Gasteiger partial charge in [-0.05, 0) is 6.92 Å². The fourth-order valence-corrected chi connectivity index (χ4v) is 2.06. The number of ether oxygens (including phenoxy) is 1. The molecule has 0 spiro atoms. The fraction of sp³-hybridized carbons (Fsp3) is 0.636. The molecule has 0 saturated carbocycles. The first-order chi connectivity index (χ1) is 8.93. The molecule has 0 radical (unpaired) electrons. The molecule has 0 bridgehead atoms. The molecule has 2 rings (SSSR count). The third-order valence-electron chi connectivity index (χ3n) is 3.14. The Morgan fingerprint density at radius 1 is 1.58 bits per heavy atom. The summed E-state index contributed by atoms with van der Waals surface area (Å²) < 4.78 is 6.42. The van der Waals surface area contributed by atoms with Crippen molar-refractivity contribution in [2.75, 3.05) is 6.61 Å². The average Bonchev–Trinajstić information content (AvgIpc) is 2.69. The van der Waals surface area contributed by atoms with Crippen LogP contribution in [0.15, 0.2) is 15.8 Å². The zero-order valence-corrected chi connectivity index (χ0v) is 10.3. The van der Waals surface area contributed by atoms with Gasteiger partial charge in [-0.15, -0.1) is 0 Å². The summed E-state index contributed by atoms with van der Waals surface area (Å²) in [7, 11) is 0. The van der Waals surface area contributed by atoms with E-state index in [1.165, 1.54) is 13.1 Å². The van der Waals surface area contributed by atoms with E-state index in [1.54, 1.807) is 0 Å². The number of nitrogens with one attached hydrogen (secondary N) is 1. The molecule has 1 fully saturated rings. The van der Waals surface area contributed by atoms with Crippen molar-refractivity contribution in [3.8, 4) is 0 Å². The molecule has 0 aliphatic carbocycles. The monoisotopic (exact) mass is 272 g/mol. The molecule has 0 aromatic carbocycles. The smallest absolute Gasteiger partial charge is 0.330 e. The standard InChI is InChI=1S/C11H16N2O6/c1-5(15)6-3-13(11(18)12-10(6)17)9-2-7(16)8(4-14)19-9/h3,5,7-9,14-16H,2,4H2,1H3,(H,12,17,18). The highest BCUT2D eigenvalue weighted by Gasteiger charge is 2.35. The molecule has 4 atom stereocenters. The first kappa shape index (κ1) is 13.9. The van der Waals surface area contributed by atoms with Crippen LogP contribution in [0.3, 0.4) is 0 Å². The Morgan fingerprint density at radius 3 is 2.79 bits per heavy atom. The minimum absolute atomic E-state index is 0.0325. The molecule has 106 valence electrons. The van der Waals surface area contributed by atoms with Crippen LogP contribution in [0.2, 0.25) is 0 Å². The van der Waals surface area contributed by atoms with Crippen LogP contribution in [0.25, 0.3) is 0 Å². The summed E-state index contributed by atoms with van der Waals surface area (Å²) in [6, 6.07) is 0. The van der Waals surface area contributed by atoms with Gasteiger partial charge in [0, 0.05) is 12.6 Å². The van der Waals surface area contributed by atoms with Crippen molar-refractivity contribution in [2.24, 2.45) is 0 Å². The number of hydrogen-bond donors (Lipinski definition) is 4. The van der Waals surface area contributed by atoms with Crippen LogP contribution in [-0.4, -0.2) is 43.7 Å². The van der Waals surface area contributed by atoms with Crippen molar-refractivity contribution in [3.05, 3.63) is 32.6 Å². The molecule has 2 heterocycles. The molecular formula is C11H16N2O6. The van der Waals surface area contributed by atoms with Crippen LogP contribution in [0.1, 0.15) is 31.2 Å². The van der Waals surface area contributed by atoms with E-state index < -0.39 is 35.8 Å². The summed E-state index contributed by atoms with van der Waals surface area (Å²) in [5, 5.41) is 28.1. The molecule has 4 unspecified atom stereocenters. The summed E-state index contributed by atoms with van der Waals surface area (Å²) in [5.74, 6) is 0. The highest BCUT2D eigenvalue weighted by atomic mass is 16.5. The van der Waals surface area contributed by atoms with Crippen molar-refractivity contribution >= 4 is 0 Å². The molecule has 8 heteroatoms. The molecule has 1 aliphatic rings. The number of aliphatic hydroxyl groups is 3. The predicted octanol–water partition coefficient (Wildman–Crippen LogP) is -1.77. The topological polar surface area (TPSA) is 125 Å². The van der Waals surface area contributed by atoms with Crippen molar-refractivity contribution in [2.45, 2.75) is 37.9 Å². The molecule has 1 saturated heterocycles. The molecule has 8 nitrogen and oxygen atoms in total.